The van der Waals surface area contributed by atoms with Crippen LogP contribution in [-0.4, -0.2) is 49.0 Å². The molecular weight excluding hydrogens is 328 g/mol. The van der Waals surface area contributed by atoms with Crippen LogP contribution in [0.3, 0.4) is 0 Å². The van der Waals surface area contributed by atoms with Gasteiger partial charge in [-0.1, -0.05) is 0 Å². The Balaban J connectivity index is 1.88. The number of nitrogens with zero attached hydrogens (tertiary/aromatic N) is 1. The van der Waals surface area contributed by atoms with Crippen LogP contribution in [0.15, 0.2) is 15.9 Å². The summed E-state index contributed by atoms with van der Waals surface area (Å²) in [5, 5.41) is 10.9. The third kappa shape index (κ3) is 4.24. The molecule has 1 aliphatic rings. The zero-order valence-corrected chi connectivity index (χ0v) is 13.3. The van der Waals surface area contributed by atoms with E-state index in [1.807, 2.05) is 0 Å². The predicted molar refractivity (Wildman–Crippen MR) is 81.4 cm³/mol. The van der Waals surface area contributed by atoms with Gasteiger partial charge in [-0.15, -0.1) is 11.3 Å². The van der Waals surface area contributed by atoms with Gasteiger partial charge in [-0.2, -0.15) is 0 Å². The lowest BCUT2D eigenvalue weighted by Crippen LogP contribution is -2.41. The number of hydrogen-bond acceptors (Lipinski definition) is 5. The number of nitrogens with two attached hydrogens (primary N) is 1. The van der Waals surface area contributed by atoms with E-state index in [-0.39, 0.29) is 12.7 Å². The lowest BCUT2D eigenvalue weighted by Gasteiger charge is -2.36. The number of thiophene rings is 1. The van der Waals surface area contributed by atoms with Gasteiger partial charge in [0.2, 0.25) is 0 Å². The number of likely N-dealkylation sites (tertiary alicyclic amines) is 1. The molecule has 4 nitrogen and oxygen atoms in total. The molecule has 108 valence electrons. The summed E-state index contributed by atoms with van der Waals surface area (Å²) in [6, 6.07) is 2.48. The molecule has 1 aromatic heterocycles. The van der Waals surface area contributed by atoms with E-state index in [4.69, 9.17) is 15.6 Å². The highest BCUT2D eigenvalue weighted by Gasteiger charge is 2.26. The van der Waals surface area contributed by atoms with Crippen molar-refractivity contribution in [3.8, 4) is 0 Å². The molecule has 0 aromatic carbocycles. The molecule has 19 heavy (non-hydrogen) atoms. The Hall–Kier alpha value is 0.0200. The number of hydrogen-bond donors (Lipinski definition) is 2. The second-order valence-corrected chi connectivity index (χ2v) is 6.61. The van der Waals surface area contributed by atoms with Gasteiger partial charge in [-0.05, 0) is 34.8 Å². The highest BCUT2D eigenvalue weighted by Crippen LogP contribution is 2.31. The van der Waals surface area contributed by atoms with Gasteiger partial charge >= 0.3 is 0 Å². The van der Waals surface area contributed by atoms with Gasteiger partial charge in [-0.3, -0.25) is 4.90 Å². The molecule has 2 rings (SSSR count). The third-order valence-electron chi connectivity index (χ3n) is 3.50. The van der Waals surface area contributed by atoms with E-state index in [1.54, 1.807) is 11.3 Å². The van der Waals surface area contributed by atoms with E-state index < -0.39 is 0 Å². The molecular formula is C13H21BrN2O2S. The molecule has 0 bridgehead atoms. The summed E-state index contributed by atoms with van der Waals surface area (Å²) in [5.41, 5.74) is 5.95. The topological polar surface area (TPSA) is 58.7 Å². The van der Waals surface area contributed by atoms with Crippen LogP contribution in [-0.2, 0) is 4.74 Å². The first-order valence-corrected chi connectivity index (χ1v) is 8.32. The van der Waals surface area contributed by atoms with E-state index in [2.05, 4.69) is 32.3 Å². The van der Waals surface area contributed by atoms with Crippen LogP contribution < -0.4 is 5.73 Å². The second kappa shape index (κ2) is 7.71. The van der Waals surface area contributed by atoms with Crippen molar-refractivity contribution < 1.29 is 9.84 Å². The highest BCUT2D eigenvalue weighted by molar-refractivity contribution is 9.10. The Bertz CT molecular complexity index is 380. The normalized spacial score (nSPS) is 19.7. The van der Waals surface area contributed by atoms with Gasteiger partial charge in [0.25, 0.3) is 0 Å². The molecule has 0 radical (unpaired) electrons. The monoisotopic (exact) mass is 348 g/mol. The Morgan fingerprint density at radius 1 is 1.53 bits per heavy atom. The fraction of sp³-hybridized carbons (Fsp3) is 0.692. The summed E-state index contributed by atoms with van der Waals surface area (Å²) in [5.74, 6) is 0. The smallest absolute Gasteiger partial charge is 0.0701 e. The zero-order chi connectivity index (χ0) is 13.7. The Morgan fingerprint density at radius 2 is 2.26 bits per heavy atom. The SMILES string of the molecule is NCC(c1cc(Br)cs1)N1CCC(OCCO)CC1. The molecule has 1 aliphatic heterocycles. The third-order valence-corrected chi connectivity index (χ3v) is 5.30. The van der Waals surface area contributed by atoms with Crippen molar-refractivity contribution in [2.24, 2.45) is 5.73 Å². The van der Waals surface area contributed by atoms with Crippen molar-refractivity contribution in [3.63, 3.8) is 0 Å². The fourth-order valence-corrected chi connectivity index (χ4v) is 4.11. The van der Waals surface area contributed by atoms with Crippen molar-refractivity contribution in [2.45, 2.75) is 25.0 Å². The van der Waals surface area contributed by atoms with E-state index >= 15 is 0 Å². The standard InChI is InChI=1S/C13H21BrN2O2S/c14-10-7-13(19-9-10)12(8-15)16-3-1-11(2-4-16)18-6-5-17/h7,9,11-12,17H,1-6,8,15H2. The maximum Gasteiger partial charge on any atom is 0.0701 e. The molecule has 0 amide bonds. The highest BCUT2D eigenvalue weighted by atomic mass is 79.9. The molecule has 1 saturated heterocycles. The minimum Gasteiger partial charge on any atom is -0.394 e. The summed E-state index contributed by atoms with van der Waals surface area (Å²) in [7, 11) is 0. The first-order valence-electron chi connectivity index (χ1n) is 6.65. The van der Waals surface area contributed by atoms with Crippen LogP contribution in [0, 0.1) is 0 Å². The number of ether oxygens (including phenoxy) is 1. The molecule has 1 unspecified atom stereocenters. The van der Waals surface area contributed by atoms with Crippen molar-refractivity contribution in [1.82, 2.24) is 4.90 Å². The summed E-state index contributed by atoms with van der Waals surface area (Å²) in [6.07, 6.45) is 2.32. The van der Waals surface area contributed by atoms with Gasteiger partial charge in [0.05, 0.1) is 25.4 Å². The molecule has 1 aromatic rings. The van der Waals surface area contributed by atoms with E-state index in [0.717, 1.165) is 30.4 Å². The van der Waals surface area contributed by atoms with Crippen molar-refractivity contribution in [1.29, 1.82) is 0 Å². The van der Waals surface area contributed by atoms with Crippen LogP contribution in [0.5, 0.6) is 0 Å². The zero-order valence-electron chi connectivity index (χ0n) is 10.9. The van der Waals surface area contributed by atoms with Crippen molar-refractivity contribution >= 4 is 27.3 Å². The number of halogens is 1. The lowest BCUT2D eigenvalue weighted by atomic mass is 10.0. The number of aliphatic hydroxyl groups is 1. The number of piperidine rings is 1. The average molecular weight is 349 g/mol. The molecule has 0 aliphatic carbocycles. The van der Waals surface area contributed by atoms with E-state index in [1.165, 1.54) is 4.88 Å². The maximum absolute atomic E-state index is 8.77. The van der Waals surface area contributed by atoms with Crippen LogP contribution in [0.2, 0.25) is 0 Å². The van der Waals surface area contributed by atoms with Crippen LogP contribution in [0.25, 0.3) is 0 Å². The van der Waals surface area contributed by atoms with Gasteiger partial charge < -0.3 is 15.6 Å². The predicted octanol–water partition coefficient (Wildman–Crippen LogP) is 1.98. The van der Waals surface area contributed by atoms with Gasteiger partial charge in [0.1, 0.15) is 0 Å². The molecule has 3 N–H and O–H groups in total. The van der Waals surface area contributed by atoms with Crippen LogP contribution in [0.1, 0.15) is 23.8 Å². The van der Waals surface area contributed by atoms with Crippen LogP contribution in [0.4, 0.5) is 0 Å². The molecule has 2 heterocycles. The summed E-state index contributed by atoms with van der Waals surface area (Å²) >= 11 is 5.26. The first kappa shape index (κ1) is 15.4. The molecule has 0 saturated carbocycles. The largest absolute Gasteiger partial charge is 0.394 e. The van der Waals surface area contributed by atoms with Gasteiger partial charge in [0.15, 0.2) is 0 Å². The minimum absolute atomic E-state index is 0.106. The Kier molecular flexibility index (Phi) is 6.25. The average Bonchev–Trinajstić information content (AvgIpc) is 2.85. The molecule has 6 heteroatoms. The Morgan fingerprint density at radius 3 is 2.79 bits per heavy atom. The van der Waals surface area contributed by atoms with Crippen molar-refractivity contribution in [3.05, 3.63) is 20.8 Å². The summed E-state index contributed by atoms with van der Waals surface area (Å²) in [4.78, 5) is 3.76. The molecule has 1 atom stereocenters. The minimum atomic E-state index is 0.106. The fourth-order valence-electron chi connectivity index (χ4n) is 2.52. The first-order chi connectivity index (χ1) is 9.24. The number of aliphatic hydroxyl groups excluding tert-OH is 1. The van der Waals surface area contributed by atoms with Crippen molar-refractivity contribution in [2.75, 3.05) is 32.8 Å². The quantitative estimate of drug-likeness (QED) is 0.825. The maximum atomic E-state index is 8.77. The van der Waals surface area contributed by atoms with E-state index in [0.29, 0.717) is 19.2 Å². The summed E-state index contributed by atoms with van der Waals surface area (Å²) < 4.78 is 6.72. The molecule has 0 spiro atoms. The lowest BCUT2D eigenvalue weighted by molar-refractivity contribution is -0.0146. The van der Waals surface area contributed by atoms with E-state index in [9.17, 15) is 0 Å². The van der Waals surface area contributed by atoms with Gasteiger partial charge in [0, 0.05) is 34.4 Å². The number of rotatable bonds is 6. The molecule has 1 fully saturated rings. The Labute approximate surface area is 126 Å². The second-order valence-electron chi connectivity index (χ2n) is 4.75. The van der Waals surface area contributed by atoms with Crippen LogP contribution >= 0.6 is 27.3 Å². The van der Waals surface area contributed by atoms with Gasteiger partial charge in [-0.25, -0.2) is 0 Å². The summed E-state index contributed by atoms with van der Waals surface area (Å²) in [6.45, 7) is 3.22.